The van der Waals surface area contributed by atoms with E-state index in [4.69, 9.17) is 22.1 Å². The summed E-state index contributed by atoms with van der Waals surface area (Å²) in [5.41, 5.74) is 9.15. The van der Waals surface area contributed by atoms with E-state index >= 15 is 0 Å². The molecule has 152 valence electrons. The number of phenols is 1. The molecule has 0 aliphatic carbocycles. The van der Waals surface area contributed by atoms with Crippen LogP contribution in [0.25, 0.3) is 22.0 Å². The van der Waals surface area contributed by atoms with Gasteiger partial charge in [-0.25, -0.2) is 4.98 Å². The van der Waals surface area contributed by atoms with E-state index in [1.807, 2.05) is 49.4 Å². The highest BCUT2D eigenvalue weighted by Crippen LogP contribution is 2.39. The van der Waals surface area contributed by atoms with Gasteiger partial charge in [0.05, 0.1) is 17.1 Å². The molecule has 0 atom stereocenters. The number of nitrogens with two attached hydrogens (primary N) is 1. The second-order valence-corrected chi connectivity index (χ2v) is 7.86. The summed E-state index contributed by atoms with van der Waals surface area (Å²) in [6, 6.07) is 16.9. The number of halogens is 2. The second-order valence-electron chi connectivity index (χ2n) is 6.54. The van der Waals surface area contributed by atoms with E-state index in [-0.39, 0.29) is 16.7 Å². The Kier molecular flexibility index (Phi) is 5.65. The van der Waals surface area contributed by atoms with Crippen LogP contribution in [0.2, 0.25) is 5.02 Å². The number of anilines is 3. The summed E-state index contributed by atoms with van der Waals surface area (Å²) in [5.74, 6) is 1.03. The van der Waals surface area contributed by atoms with Crippen molar-refractivity contribution >= 4 is 55.9 Å². The standard InChI is InChI=1S/C22H18BrClN4O2/c1-2-30-19-10-13(9-17(24)20(19)29)12-6-7-18-16(8-12)21(28-22(25)27-18)26-15-5-3-4-14(23)11-15/h3-11,29H,2H2,1H3,(H3,25,26,27,28). The molecule has 0 aliphatic rings. The molecule has 3 aromatic carbocycles. The van der Waals surface area contributed by atoms with E-state index in [1.54, 1.807) is 12.1 Å². The molecule has 0 saturated heterocycles. The topological polar surface area (TPSA) is 93.3 Å². The number of aromatic nitrogens is 2. The molecule has 8 heteroatoms. The first kappa shape index (κ1) is 20.3. The maximum atomic E-state index is 10.1. The number of aromatic hydroxyl groups is 1. The van der Waals surface area contributed by atoms with Crippen LogP contribution in [0, 0.1) is 0 Å². The number of nitrogen functional groups attached to an aromatic ring is 1. The Hall–Kier alpha value is -3.03. The largest absolute Gasteiger partial charge is 0.503 e. The smallest absolute Gasteiger partial charge is 0.222 e. The number of phenolic OH excluding ortho intramolecular Hbond substituents is 1. The van der Waals surface area contributed by atoms with Crippen molar-refractivity contribution in [2.75, 3.05) is 17.7 Å². The summed E-state index contributed by atoms with van der Waals surface area (Å²) in [6.07, 6.45) is 0. The number of hydrogen-bond donors (Lipinski definition) is 3. The first-order chi connectivity index (χ1) is 14.4. The molecule has 0 radical (unpaired) electrons. The lowest BCUT2D eigenvalue weighted by molar-refractivity contribution is 0.318. The van der Waals surface area contributed by atoms with Crippen molar-refractivity contribution in [3.63, 3.8) is 0 Å². The van der Waals surface area contributed by atoms with Crippen molar-refractivity contribution in [2.45, 2.75) is 6.92 Å². The Bertz CT molecular complexity index is 1250. The van der Waals surface area contributed by atoms with Gasteiger partial charge in [-0.1, -0.05) is 39.7 Å². The van der Waals surface area contributed by atoms with E-state index in [0.29, 0.717) is 23.7 Å². The van der Waals surface area contributed by atoms with Crippen molar-refractivity contribution in [1.82, 2.24) is 9.97 Å². The van der Waals surface area contributed by atoms with Crippen molar-refractivity contribution in [3.8, 4) is 22.6 Å². The molecule has 0 fully saturated rings. The molecule has 0 amide bonds. The summed E-state index contributed by atoms with van der Waals surface area (Å²) in [4.78, 5) is 8.72. The van der Waals surface area contributed by atoms with Gasteiger partial charge in [0.1, 0.15) is 5.82 Å². The zero-order valence-corrected chi connectivity index (χ0v) is 18.3. The van der Waals surface area contributed by atoms with Gasteiger partial charge in [-0.2, -0.15) is 4.98 Å². The Labute approximate surface area is 186 Å². The van der Waals surface area contributed by atoms with Gasteiger partial charge < -0.3 is 20.9 Å². The SMILES string of the molecule is CCOc1cc(-c2ccc3nc(N)nc(Nc4cccc(Br)c4)c3c2)cc(Cl)c1O. The molecular weight excluding hydrogens is 468 g/mol. The zero-order valence-electron chi connectivity index (χ0n) is 16.0. The molecule has 30 heavy (non-hydrogen) atoms. The van der Waals surface area contributed by atoms with Crippen molar-refractivity contribution in [1.29, 1.82) is 0 Å². The fourth-order valence-corrected chi connectivity index (χ4v) is 3.74. The number of hydrogen-bond acceptors (Lipinski definition) is 6. The Morgan fingerprint density at radius 1 is 1.10 bits per heavy atom. The number of rotatable bonds is 5. The third-order valence-corrected chi connectivity index (χ3v) is 5.24. The van der Waals surface area contributed by atoms with Gasteiger partial charge in [0.2, 0.25) is 5.95 Å². The minimum atomic E-state index is -0.0730. The van der Waals surface area contributed by atoms with E-state index in [9.17, 15) is 5.11 Å². The molecule has 1 heterocycles. The van der Waals surface area contributed by atoms with Crippen LogP contribution in [0.15, 0.2) is 59.1 Å². The predicted molar refractivity (Wildman–Crippen MR) is 125 cm³/mol. The van der Waals surface area contributed by atoms with E-state index < -0.39 is 0 Å². The molecule has 0 aliphatic heterocycles. The predicted octanol–water partition coefficient (Wildman–Crippen LogP) is 6.14. The van der Waals surface area contributed by atoms with E-state index in [1.165, 1.54) is 0 Å². The number of ether oxygens (including phenoxy) is 1. The maximum absolute atomic E-state index is 10.1. The van der Waals surface area contributed by atoms with Crippen LogP contribution in [0.1, 0.15) is 6.92 Å². The van der Waals surface area contributed by atoms with Crippen LogP contribution in [-0.2, 0) is 0 Å². The third kappa shape index (κ3) is 4.13. The number of nitrogens with one attached hydrogen (secondary N) is 1. The number of benzene rings is 3. The maximum Gasteiger partial charge on any atom is 0.222 e. The number of fused-ring (bicyclic) bond motifs is 1. The summed E-state index contributed by atoms with van der Waals surface area (Å²) >= 11 is 9.68. The normalized spacial score (nSPS) is 10.9. The Balaban J connectivity index is 1.83. The van der Waals surface area contributed by atoms with Gasteiger partial charge >= 0.3 is 0 Å². The van der Waals surface area contributed by atoms with Crippen molar-refractivity contribution in [2.24, 2.45) is 0 Å². The van der Waals surface area contributed by atoms with Crippen LogP contribution in [-0.4, -0.2) is 21.7 Å². The molecule has 0 unspecified atom stereocenters. The van der Waals surface area contributed by atoms with Crippen molar-refractivity contribution < 1.29 is 9.84 Å². The first-order valence-electron chi connectivity index (χ1n) is 9.20. The van der Waals surface area contributed by atoms with Gasteiger partial charge in [0.25, 0.3) is 0 Å². The summed E-state index contributed by atoms with van der Waals surface area (Å²) < 4.78 is 6.45. The van der Waals surface area contributed by atoms with Gasteiger partial charge in [-0.3, -0.25) is 0 Å². The second kappa shape index (κ2) is 8.38. The highest BCUT2D eigenvalue weighted by atomic mass is 79.9. The fourth-order valence-electron chi connectivity index (χ4n) is 3.13. The Morgan fingerprint density at radius 3 is 2.70 bits per heavy atom. The van der Waals surface area contributed by atoms with Crippen LogP contribution in [0.4, 0.5) is 17.5 Å². The quantitative estimate of drug-likeness (QED) is 0.314. The lowest BCUT2D eigenvalue weighted by Crippen LogP contribution is -2.01. The monoisotopic (exact) mass is 484 g/mol. The van der Waals surface area contributed by atoms with Crippen molar-refractivity contribution in [3.05, 3.63) is 64.1 Å². The van der Waals surface area contributed by atoms with Crippen LogP contribution >= 0.6 is 27.5 Å². The van der Waals surface area contributed by atoms with E-state index in [2.05, 4.69) is 31.2 Å². The molecule has 4 rings (SSSR count). The molecule has 4 N–H and O–H groups in total. The average molecular weight is 486 g/mol. The molecule has 6 nitrogen and oxygen atoms in total. The zero-order chi connectivity index (χ0) is 21.3. The van der Waals surface area contributed by atoms with Crippen LogP contribution < -0.4 is 15.8 Å². The van der Waals surface area contributed by atoms with Crippen LogP contribution in [0.3, 0.4) is 0 Å². The summed E-state index contributed by atoms with van der Waals surface area (Å²) in [5, 5.41) is 14.5. The summed E-state index contributed by atoms with van der Waals surface area (Å²) in [6.45, 7) is 2.26. The highest BCUT2D eigenvalue weighted by molar-refractivity contribution is 9.10. The molecule has 0 saturated carbocycles. The first-order valence-corrected chi connectivity index (χ1v) is 10.4. The minimum absolute atomic E-state index is 0.0730. The molecule has 0 spiro atoms. The molecule has 0 bridgehead atoms. The third-order valence-electron chi connectivity index (χ3n) is 4.46. The highest BCUT2D eigenvalue weighted by Gasteiger charge is 2.13. The lowest BCUT2D eigenvalue weighted by atomic mass is 10.0. The van der Waals surface area contributed by atoms with Gasteiger partial charge in [0, 0.05) is 15.5 Å². The lowest BCUT2D eigenvalue weighted by Gasteiger charge is -2.13. The number of nitrogens with zero attached hydrogens (tertiary/aromatic N) is 2. The minimum Gasteiger partial charge on any atom is -0.503 e. The van der Waals surface area contributed by atoms with Gasteiger partial charge in [0.15, 0.2) is 11.5 Å². The van der Waals surface area contributed by atoms with Crippen LogP contribution in [0.5, 0.6) is 11.5 Å². The van der Waals surface area contributed by atoms with Gasteiger partial charge in [-0.05, 0) is 60.5 Å². The van der Waals surface area contributed by atoms with Gasteiger partial charge in [-0.15, -0.1) is 0 Å². The average Bonchev–Trinajstić information content (AvgIpc) is 2.71. The Morgan fingerprint density at radius 2 is 1.93 bits per heavy atom. The summed E-state index contributed by atoms with van der Waals surface area (Å²) in [7, 11) is 0. The molecule has 1 aromatic heterocycles. The molecule has 4 aromatic rings. The van der Waals surface area contributed by atoms with E-state index in [0.717, 1.165) is 26.7 Å². The fraction of sp³-hybridized carbons (Fsp3) is 0.0909. The molecular formula is C22H18BrClN4O2.